The zero-order valence-corrected chi connectivity index (χ0v) is 17.1. The van der Waals surface area contributed by atoms with E-state index in [1.165, 1.54) is 16.9 Å². The van der Waals surface area contributed by atoms with Crippen molar-refractivity contribution in [3.05, 3.63) is 70.7 Å². The smallest absolute Gasteiger partial charge is 0.253 e. The van der Waals surface area contributed by atoms with Crippen LogP contribution < -0.4 is 10.6 Å². The van der Waals surface area contributed by atoms with Crippen molar-refractivity contribution >= 4 is 28.8 Å². The number of aryl methyl sites for hydroxylation is 1. The first kappa shape index (κ1) is 19.3. The van der Waals surface area contributed by atoms with E-state index >= 15 is 0 Å². The number of anilines is 1. The van der Waals surface area contributed by atoms with Crippen molar-refractivity contribution in [1.82, 2.24) is 10.3 Å². The molecule has 0 spiro atoms. The number of para-hydroxylation sites is 1. The van der Waals surface area contributed by atoms with Crippen molar-refractivity contribution in [2.75, 3.05) is 5.32 Å². The number of nitrogens with one attached hydrogen (secondary N) is 2. The van der Waals surface area contributed by atoms with Crippen LogP contribution in [0.2, 0.25) is 0 Å². The van der Waals surface area contributed by atoms with Gasteiger partial charge in [0, 0.05) is 17.0 Å². The van der Waals surface area contributed by atoms with Crippen LogP contribution in [0.1, 0.15) is 41.4 Å². The molecule has 29 heavy (non-hydrogen) atoms. The third-order valence-corrected chi connectivity index (χ3v) is 5.80. The van der Waals surface area contributed by atoms with Gasteiger partial charge in [-0.2, -0.15) is 0 Å². The number of nitrogens with zero attached hydrogens (tertiary/aromatic N) is 1. The third kappa shape index (κ3) is 4.90. The molecule has 1 aromatic heterocycles. The van der Waals surface area contributed by atoms with E-state index in [0.29, 0.717) is 11.3 Å². The zero-order valence-electron chi connectivity index (χ0n) is 16.3. The molecule has 0 radical (unpaired) electrons. The fraction of sp³-hybridized carbons (Fsp3) is 0.261. The number of amides is 2. The molecule has 1 heterocycles. The van der Waals surface area contributed by atoms with E-state index in [9.17, 15) is 9.59 Å². The number of thiazole rings is 1. The van der Waals surface area contributed by atoms with Crippen molar-refractivity contribution in [3.63, 3.8) is 0 Å². The highest BCUT2D eigenvalue weighted by Crippen LogP contribution is 2.25. The zero-order chi connectivity index (χ0) is 20.2. The van der Waals surface area contributed by atoms with Gasteiger partial charge in [-0.05, 0) is 37.0 Å². The predicted octanol–water partition coefficient (Wildman–Crippen LogP) is 4.45. The Morgan fingerprint density at radius 3 is 2.59 bits per heavy atom. The van der Waals surface area contributed by atoms with Gasteiger partial charge in [0.05, 0.1) is 23.4 Å². The van der Waals surface area contributed by atoms with Gasteiger partial charge in [-0.25, -0.2) is 4.98 Å². The second kappa shape index (κ2) is 8.57. The summed E-state index contributed by atoms with van der Waals surface area (Å²) in [6, 6.07) is 15.7. The third-order valence-electron chi connectivity index (χ3n) is 4.86. The first-order chi connectivity index (χ1) is 14.1. The maximum Gasteiger partial charge on any atom is 0.253 e. The van der Waals surface area contributed by atoms with Crippen LogP contribution in [0.15, 0.2) is 53.9 Å². The fourth-order valence-electron chi connectivity index (χ4n) is 3.04. The van der Waals surface area contributed by atoms with Crippen LogP contribution in [0.5, 0.6) is 0 Å². The summed E-state index contributed by atoms with van der Waals surface area (Å²) in [4.78, 5) is 29.5. The lowest BCUT2D eigenvalue weighted by atomic mass is 10.1. The molecule has 4 rings (SSSR count). The summed E-state index contributed by atoms with van der Waals surface area (Å²) < 4.78 is 0. The molecule has 0 bridgehead atoms. The lowest BCUT2D eigenvalue weighted by Gasteiger charge is -2.10. The van der Waals surface area contributed by atoms with Gasteiger partial charge in [0.1, 0.15) is 5.01 Å². The molecule has 2 aromatic carbocycles. The summed E-state index contributed by atoms with van der Waals surface area (Å²) in [7, 11) is 0. The molecular weight excluding hydrogens is 382 g/mol. The van der Waals surface area contributed by atoms with Crippen molar-refractivity contribution < 1.29 is 9.59 Å². The van der Waals surface area contributed by atoms with Gasteiger partial charge in [-0.1, -0.05) is 43.3 Å². The standard InChI is InChI=1S/C23H23N3O2S/c1-2-15-7-9-16(10-8-15)23-25-18(14-29-23)13-21(27)26-20-6-4-3-5-19(20)22(28)24-17-11-12-17/h3-10,14,17H,2,11-13H2,1H3,(H,24,28)(H,26,27). The number of hydrogen-bond donors (Lipinski definition) is 2. The molecule has 1 saturated carbocycles. The van der Waals surface area contributed by atoms with Gasteiger partial charge in [0.15, 0.2) is 0 Å². The van der Waals surface area contributed by atoms with Crippen LogP contribution in [0.25, 0.3) is 10.6 Å². The molecule has 3 aromatic rings. The number of hydrogen-bond acceptors (Lipinski definition) is 4. The van der Waals surface area contributed by atoms with Crippen molar-refractivity contribution in [1.29, 1.82) is 0 Å². The molecule has 0 saturated heterocycles. The highest BCUT2D eigenvalue weighted by molar-refractivity contribution is 7.13. The van der Waals surface area contributed by atoms with E-state index < -0.39 is 0 Å². The lowest BCUT2D eigenvalue weighted by Crippen LogP contribution is -2.27. The van der Waals surface area contributed by atoms with Crippen molar-refractivity contribution in [3.8, 4) is 10.6 Å². The van der Waals surface area contributed by atoms with E-state index in [0.717, 1.165) is 35.5 Å². The first-order valence-electron chi connectivity index (χ1n) is 9.86. The van der Waals surface area contributed by atoms with Crippen LogP contribution in [0, 0.1) is 0 Å². The van der Waals surface area contributed by atoms with Crippen LogP contribution in [-0.2, 0) is 17.6 Å². The van der Waals surface area contributed by atoms with Gasteiger partial charge in [-0.3, -0.25) is 9.59 Å². The predicted molar refractivity (Wildman–Crippen MR) is 116 cm³/mol. The second-order valence-electron chi connectivity index (χ2n) is 7.21. The second-order valence-corrected chi connectivity index (χ2v) is 8.07. The molecule has 0 aliphatic heterocycles. The Morgan fingerprint density at radius 1 is 1.10 bits per heavy atom. The average molecular weight is 406 g/mol. The van der Waals surface area contributed by atoms with E-state index in [1.54, 1.807) is 18.2 Å². The molecule has 0 unspecified atom stereocenters. The van der Waals surface area contributed by atoms with Crippen molar-refractivity contribution in [2.24, 2.45) is 0 Å². The number of rotatable bonds is 7. The van der Waals surface area contributed by atoms with Crippen LogP contribution >= 0.6 is 11.3 Å². The Morgan fingerprint density at radius 2 is 1.86 bits per heavy atom. The molecule has 2 amide bonds. The van der Waals surface area contributed by atoms with Gasteiger partial charge >= 0.3 is 0 Å². The molecule has 1 fully saturated rings. The fourth-order valence-corrected chi connectivity index (χ4v) is 3.87. The molecule has 0 atom stereocenters. The number of benzene rings is 2. The summed E-state index contributed by atoms with van der Waals surface area (Å²) in [6.45, 7) is 2.13. The SMILES string of the molecule is CCc1ccc(-c2nc(CC(=O)Nc3ccccc3C(=O)NC3CC3)cs2)cc1. The Bertz CT molecular complexity index is 1020. The number of carbonyl (C=O) groups is 2. The Hall–Kier alpha value is -2.99. The highest BCUT2D eigenvalue weighted by Gasteiger charge is 2.25. The maximum atomic E-state index is 12.5. The summed E-state index contributed by atoms with van der Waals surface area (Å²) in [6.07, 6.45) is 3.22. The van der Waals surface area contributed by atoms with Crippen LogP contribution in [0.4, 0.5) is 5.69 Å². The topological polar surface area (TPSA) is 71.1 Å². The minimum absolute atomic E-state index is 0.144. The van der Waals surface area contributed by atoms with Crippen molar-refractivity contribution in [2.45, 2.75) is 38.6 Å². The molecule has 2 N–H and O–H groups in total. The summed E-state index contributed by atoms with van der Waals surface area (Å²) in [5, 5.41) is 8.64. The molecular formula is C23H23N3O2S. The van der Waals surface area contributed by atoms with Crippen LogP contribution in [0.3, 0.4) is 0 Å². The van der Waals surface area contributed by atoms with E-state index in [2.05, 4.69) is 46.8 Å². The Labute approximate surface area is 174 Å². The molecule has 6 heteroatoms. The Kier molecular flexibility index (Phi) is 5.71. The molecule has 1 aliphatic rings. The summed E-state index contributed by atoms with van der Waals surface area (Å²) in [5.74, 6) is -0.329. The Balaban J connectivity index is 1.41. The summed E-state index contributed by atoms with van der Waals surface area (Å²) >= 11 is 1.53. The van der Waals surface area contributed by atoms with Gasteiger partial charge < -0.3 is 10.6 Å². The van der Waals surface area contributed by atoms with E-state index in [-0.39, 0.29) is 24.3 Å². The van der Waals surface area contributed by atoms with Gasteiger partial charge in [-0.15, -0.1) is 11.3 Å². The number of carbonyl (C=O) groups excluding carboxylic acids is 2. The van der Waals surface area contributed by atoms with E-state index in [1.807, 2.05) is 11.4 Å². The normalized spacial score (nSPS) is 13.1. The first-order valence-corrected chi connectivity index (χ1v) is 10.7. The molecule has 5 nitrogen and oxygen atoms in total. The number of aromatic nitrogens is 1. The highest BCUT2D eigenvalue weighted by atomic mass is 32.1. The average Bonchev–Trinajstić information content (AvgIpc) is 3.43. The largest absolute Gasteiger partial charge is 0.349 e. The minimum atomic E-state index is -0.185. The lowest BCUT2D eigenvalue weighted by molar-refractivity contribution is -0.115. The minimum Gasteiger partial charge on any atom is -0.349 e. The molecule has 148 valence electrons. The van der Waals surface area contributed by atoms with Gasteiger partial charge in [0.2, 0.25) is 5.91 Å². The van der Waals surface area contributed by atoms with Crippen LogP contribution in [-0.4, -0.2) is 22.8 Å². The quantitative estimate of drug-likeness (QED) is 0.610. The monoisotopic (exact) mass is 405 g/mol. The van der Waals surface area contributed by atoms with E-state index in [4.69, 9.17) is 0 Å². The van der Waals surface area contributed by atoms with Gasteiger partial charge in [0.25, 0.3) is 5.91 Å². The molecule has 1 aliphatic carbocycles. The maximum absolute atomic E-state index is 12.5. The summed E-state index contributed by atoms with van der Waals surface area (Å²) in [5.41, 5.74) is 4.08.